The number of nitrogens with two attached hydrogens (primary N) is 1. The average Bonchev–Trinajstić information content (AvgIpc) is 1.82. The van der Waals surface area contributed by atoms with Crippen LogP contribution in [0.15, 0.2) is 73.1 Å². The molecule has 0 radical (unpaired) electrons. The van der Waals surface area contributed by atoms with Gasteiger partial charge >= 0.3 is 0 Å². The Morgan fingerprint density at radius 3 is 1.68 bits per heavy atom. The van der Waals surface area contributed by atoms with Crippen LogP contribution in [0.2, 0.25) is 0 Å². The van der Waals surface area contributed by atoms with Crippen molar-refractivity contribution in [1.29, 1.82) is 0 Å². The van der Waals surface area contributed by atoms with Gasteiger partial charge < -0.3 is 64.2 Å². The highest BCUT2D eigenvalue weighted by atomic mass is 16.7. The number of aromatic nitrogens is 2. The van der Waals surface area contributed by atoms with E-state index in [-0.39, 0.29) is 35.9 Å². The lowest BCUT2D eigenvalue weighted by Gasteiger charge is -2.64. The van der Waals surface area contributed by atoms with E-state index < -0.39 is 11.9 Å². The summed E-state index contributed by atoms with van der Waals surface area (Å²) in [5.74, 6) is 6.50. The summed E-state index contributed by atoms with van der Waals surface area (Å²) in [7, 11) is 3.48. The average molecular weight is 1160 g/mol. The van der Waals surface area contributed by atoms with Gasteiger partial charge in [0.1, 0.15) is 11.5 Å². The topological polar surface area (TPSA) is 210 Å². The zero-order valence-electron chi connectivity index (χ0n) is 51.0. The highest BCUT2D eigenvalue weighted by Crippen LogP contribution is 2.69. The van der Waals surface area contributed by atoms with Crippen LogP contribution in [-0.2, 0) is 35.5 Å². The van der Waals surface area contributed by atoms with Crippen LogP contribution in [-0.4, -0.2) is 68.7 Å². The van der Waals surface area contributed by atoms with Gasteiger partial charge in [0.05, 0.1) is 48.3 Å². The lowest BCUT2D eigenvalue weighted by Crippen LogP contribution is -2.62. The molecule has 0 amide bonds. The maximum Gasteiger partial charge on any atom is 0.231 e. The molecule has 4 fully saturated rings. The summed E-state index contributed by atoms with van der Waals surface area (Å²) >= 11 is 0. The van der Waals surface area contributed by atoms with Crippen molar-refractivity contribution in [2.24, 2.45) is 58.0 Å². The zero-order chi connectivity index (χ0) is 60.1. The van der Waals surface area contributed by atoms with E-state index in [0.29, 0.717) is 74.4 Å². The number of methoxy groups -OCH3 is 2. The molecule has 15 nitrogen and oxygen atoms in total. The minimum atomic E-state index is -1.02. The molecule has 0 saturated heterocycles. The Hall–Kier alpha value is -6.68. The molecular weight excluding hydrogens is 1070 g/mol. The van der Waals surface area contributed by atoms with Gasteiger partial charge in [-0.05, 0) is 201 Å². The summed E-state index contributed by atoms with van der Waals surface area (Å²) < 4.78 is 38.1. The van der Waals surface area contributed by atoms with Crippen molar-refractivity contribution in [2.75, 3.05) is 34.4 Å². The lowest BCUT2D eigenvalue weighted by molar-refractivity contribution is -0.686. The van der Waals surface area contributed by atoms with Crippen LogP contribution in [0.1, 0.15) is 127 Å². The van der Waals surface area contributed by atoms with Gasteiger partial charge in [0.25, 0.3) is 0 Å². The number of aliphatic hydroxyl groups is 2. The Morgan fingerprint density at radius 1 is 0.694 bits per heavy atom. The number of rotatable bonds is 10. The van der Waals surface area contributed by atoms with Gasteiger partial charge in [0.15, 0.2) is 48.5 Å². The predicted molar refractivity (Wildman–Crippen MR) is 320 cm³/mol. The van der Waals surface area contributed by atoms with Crippen molar-refractivity contribution in [3.8, 4) is 57.0 Å². The number of carbonyl (C=O) groups is 2. The SMILES string of the molecule is CC[C@H]1[C@@H](O)C2C3CC[C@H]([C@H](C)CCC(=O)[O-])[C@@]3(C)CCC2[C@@]2(C)CC[C@@H](O)C[C@@H]12.COc1c(C)ccc2cc3[n+](cc12)CCc1cc2c(cc1-3)OCO2.COc1c(C)ccc2cc3[n+](cc12)CCc1cc2c(cc1-3)OCO2.NCCCC(=O)[O-]. The van der Waals surface area contributed by atoms with E-state index in [4.69, 9.17) is 34.2 Å². The lowest BCUT2D eigenvalue weighted by atomic mass is 9.41. The Bertz CT molecular complexity index is 3330. The second-order valence-electron chi connectivity index (χ2n) is 26.0. The summed E-state index contributed by atoms with van der Waals surface area (Å²) in [6.07, 6.45) is 16.0. The molecule has 4 saturated carbocycles. The molecule has 454 valence electrons. The van der Waals surface area contributed by atoms with Crippen LogP contribution in [0.3, 0.4) is 0 Å². The number of carboxylic acid groups (broad SMARTS) is 2. The van der Waals surface area contributed by atoms with E-state index in [0.717, 1.165) is 108 Å². The van der Waals surface area contributed by atoms with Gasteiger partial charge in [0, 0.05) is 36.9 Å². The van der Waals surface area contributed by atoms with E-state index >= 15 is 0 Å². The van der Waals surface area contributed by atoms with Gasteiger partial charge in [-0.25, -0.2) is 0 Å². The highest BCUT2D eigenvalue weighted by Gasteiger charge is 2.65. The minimum Gasteiger partial charge on any atom is -0.550 e. The predicted octanol–water partition coefficient (Wildman–Crippen LogP) is 9.05. The van der Waals surface area contributed by atoms with Crippen molar-refractivity contribution in [3.63, 3.8) is 0 Å². The number of nitrogens with zero attached hydrogens (tertiary/aromatic N) is 2. The third kappa shape index (κ3) is 11.3. The number of carbonyl (C=O) groups excluding carboxylic acids is 2. The van der Waals surface area contributed by atoms with Crippen molar-refractivity contribution >= 4 is 33.5 Å². The number of carboxylic acids is 2. The molecule has 2 aromatic heterocycles. The number of aliphatic carboxylic acids is 2. The number of pyridine rings is 2. The maximum absolute atomic E-state index is 11.7. The van der Waals surface area contributed by atoms with E-state index in [1.807, 2.05) is 0 Å². The fraction of sp³-hybridized carbons (Fsp3) is 0.543. The van der Waals surface area contributed by atoms with Crippen molar-refractivity contribution < 1.29 is 67.6 Å². The summed E-state index contributed by atoms with van der Waals surface area (Å²) in [5, 5.41) is 47.4. The molecule has 3 unspecified atom stereocenters. The number of fused-ring (bicyclic) bond motifs is 15. The first-order valence-electron chi connectivity index (χ1n) is 31.2. The van der Waals surface area contributed by atoms with E-state index in [2.05, 4.69) is 124 Å². The normalized spacial score (nSPS) is 27.0. The quantitative estimate of drug-likeness (QED) is 0.110. The molecular formula is C70H87N3O12. The largest absolute Gasteiger partial charge is 0.550 e. The number of hydrogen-bond acceptors (Lipinski definition) is 13. The molecule has 4 N–H and O–H groups in total. The molecule has 6 heterocycles. The number of aryl methyl sites for hydroxylation is 6. The third-order valence-electron chi connectivity index (χ3n) is 21.6. The fourth-order valence-electron chi connectivity index (χ4n) is 17.3. The summed E-state index contributed by atoms with van der Waals surface area (Å²) in [6.45, 7) is 16.5. The van der Waals surface area contributed by atoms with E-state index in [1.165, 1.54) is 70.1 Å². The van der Waals surface area contributed by atoms with Crippen LogP contribution in [0, 0.1) is 66.1 Å². The van der Waals surface area contributed by atoms with Crippen molar-refractivity contribution in [2.45, 2.75) is 157 Å². The van der Waals surface area contributed by atoms with E-state index in [9.17, 15) is 30.0 Å². The summed E-state index contributed by atoms with van der Waals surface area (Å²) in [4.78, 5) is 20.6. The van der Waals surface area contributed by atoms with Crippen LogP contribution in [0.4, 0.5) is 0 Å². The Morgan fingerprint density at radius 2 is 1.20 bits per heavy atom. The number of aliphatic hydroxyl groups excluding tert-OH is 2. The Kier molecular flexibility index (Phi) is 17.4. The third-order valence-corrected chi connectivity index (χ3v) is 21.6. The first-order valence-corrected chi connectivity index (χ1v) is 31.2. The van der Waals surface area contributed by atoms with Gasteiger partial charge in [-0.1, -0.05) is 58.4 Å². The molecule has 6 aromatic rings. The van der Waals surface area contributed by atoms with Crippen LogP contribution >= 0.6 is 0 Å². The number of hydrogen-bond donors (Lipinski definition) is 3. The molecule has 4 aliphatic heterocycles. The molecule has 4 aromatic carbocycles. The van der Waals surface area contributed by atoms with Crippen LogP contribution in [0.25, 0.3) is 44.1 Å². The van der Waals surface area contributed by atoms with Gasteiger partial charge in [-0.15, -0.1) is 0 Å². The molecule has 0 bridgehead atoms. The summed E-state index contributed by atoms with van der Waals surface area (Å²) in [6, 6.07) is 21.5. The fourth-order valence-corrected chi connectivity index (χ4v) is 17.3. The van der Waals surface area contributed by atoms with Crippen molar-refractivity contribution in [1.82, 2.24) is 0 Å². The number of ether oxygens (including phenoxy) is 6. The van der Waals surface area contributed by atoms with Gasteiger partial charge in [0.2, 0.25) is 25.0 Å². The minimum absolute atomic E-state index is 0.0799. The smallest absolute Gasteiger partial charge is 0.231 e. The second-order valence-corrected chi connectivity index (χ2v) is 26.0. The zero-order valence-corrected chi connectivity index (χ0v) is 51.0. The van der Waals surface area contributed by atoms with Crippen molar-refractivity contribution in [3.05, 3.63) is 95.3 Å². The van der Waals surface area contributed by atoms with E-state index in [1.54, 1.807) is 14.2 Å². The molecule has 4 aliphatic carbocycles. The molecule has 14 rings (SSSR count). The van der Waals surface area contributed by atoms with Crippen LogP contribution in [0.5, 0.6) is 34.5 Å². The maximum atomic E-state index is 11.7. The molecule has 15 heteroatoms. The standard InChI is InChI=1S/C26H44O4.2C20H18NO3.C4H9NO2/c1-5-17-21-14-16(27)10-12-26(21,4)20-11-13-25(3)18(15(2)6-9-22(28)29)7-8-19(25)23(20)24(17)30;2*1-12-3-4-13-7-17-15-9-19-18(23-11-24-19)8-14(15)5-6-21(17)10-16(13)20(12)22-2;5-3-1-2-4(6)7/h15-21,23-24,27,30H,5-14H2,1-4H3,(H,28,29);2*3-4,7-10H,5-6,11H2,1-2H3;1-3,5H2,(H,6,7)/q;2*+1;/p-2/t15-,16-,17-,18-,19?,20?,21+,23?,24-,25-,26-;;;/m1.../s1. The summed E-state index contributed by atoms with van der Waals surface area (Å²) in [5.41, 5.74) is 15.3. The van der Waals surface area contributed by atoms with Gasteiger partial charge in [-0.3, -0.25) is 0 Å². The molecule has 0 spiro atoms. The Balaban J connectivity index is 0.000000126. The first-order chi connectivity index (χ1) is 40.9. The molecule has 8 aliphatic rings. The monoisotopic (exact) mass is 1160 g/mol. The highest BCUT2D eigenvalue weighted by molar-refractivity contribution is 5.92. The molecule has 85 heavy (non-hydrogen) atoms. The van der Waals surface area contributed by atoms with Gasteiger partial charge in [-0.2, -0.15) is 9.13 Å². The Labute approximate surface area is 500 Å². The second kappa shape index (κ2) is 24.6. The number of benzene rings is 4. The first kappa shape index (κ1) is 60.0. The molecule has 11 atom stereocenters. The van der Waals surface area contributed by atoms with Crippen LogP contribution < -0.4 is 53.5 Å².